The number of fused-ring (bicyclic) bond motifs is 2. The number of hydrogen-bond donors (Lipinski definition) is 0. The highest BCUT2D eigenvalue weighted by Gasteiger charge is 2.36. The highest BCUT2D eigenvalue weighted by Crippen LogP contribution is 2.29. The van der Waals surface area contributed by atoms with E-state index in [1.165, 1.54) is 21.5 Å². The van der Waals surface area contributed by atoms with E-state index >= 15 is 0 Å². The summed E-state index contributed by atoms with van der Waals surface area (Å²) in [5, 5.41) is 7.49. The molecule has 9 heteroatoms. The first kappa shape index (κ1) is 19.2. The Bertz CT molecular complexity index is 1210. The average molecular weight is 426 g/mol. The number of sulfonamides is 1. The first-order valence-corrected chi connectivity index (χ1v) is 11.5. The Hall–Kier alpha value is -2.78. The number of carbonyl (C=O) groups excluding carboxylic acids is 1. The molecule has 156 valence electrons. The summed E-state index contributed by atoms with van der Waals surface area (Å²) in [6.07, 6.45) is 2.17. The molecule has 1 saturated heterocycles. The maximum atomic E-state index is 13.3. The van der Waals surface area contributed by atoms with Crippen molar-refractivity contribution in [2.24, 2.45) is 5.92 Å². The molecule has 30 heavy (non-hydrogen) atoms. The van der Waals surface area contributed by atoms with Gasteiger partial charge in [0.15, 0.2) is 5.52 Å². The lowest BCUT2D eigenvalue weighted by molar-refractivity contribution is -0.137. The summed E-state index contributed by atoms with van der Waals surface area (Å²) in [4.78, 5) is 15.1. The molecule has 0 aliphatic carbocycles. The van der Waals surface area contributed by atoms with Gasteiger partial charge in [0.2, 0.25) is 15.9 Å². The van der Waals surface area contributed by atoms with Crippen LogP contribution in [0, 0.1) is 5.92 Å². The first-order valence-electron chi connectivity index (χ1n) is 10.1. The fraction of sp³-hybridized carbons (Fsp3) is 0.381. The van der Waals surface area contributed by atoms with E-state index in [0.29, 0.717) is 38.0 Å². The smallest absolute Gasteiger partial charge is 0.245 e. The van der Waals surface area contributed by atoms with Crippen molar-refractivity contribution in [3.8, 4) is 0 Å². The summed E-state index contributed by atoms with van der Waals surface area (Å²) in [7, 11) is -3.80. The van der Waals surface area contributed by atoms with Crippen molar-refractivity contribution in [1.82, 2.24) is 19.5 Å². The van der Waals surface area contributed by atoms with Crippen LogP contribution in [0.2, 0.25) is 0 Å². The van der Waals surface area contributed by atoms with Gasteiger partial charge in [0.25, 0.3) is 0 Å². The summed E-state index contributed by atoms with van der Waals surface area (Å²) in [6, 6.07) is 12.9. The van der Waals surface area contributed by atoms with Gasteiger partial charge in [0, 0.05) is 26.2 Å². The molecule has 1 amide bonds. The van der Waals surface area contributed by atoms with Gasteiger partial charge < -0.3 is 4.90 Å². The minimum absolute atomic E-state index is 0.0331. The summed E-state index contributed by atoms with van der Waals surface area (Å²) in [5.74, 6) is -0.306. The second-order valence-corrected chi connectivity index (χ2v) is 9.78. The standard InChI is InChI=1S/C21H22N4O4S/c26-21(24-12-10-15-5-1-2-6-16(15)13-24)17-7-4-11-25(14-17)30(27,28)19-9-3-8-18-20(19)23-29-22-18/h1-3,5-6,8-9,17H,4,7,10-14H2. The maximum Gasteiger partial charge on any atom is 0.245 e. The van der Waals surface area contributed by atoms with Gasteiger partial charge >= 0.3 is 0 Å². The van der Waals surface area contributed by atoms with Crippen LogP contribution in [0.15, 0.2) is 52.0 Å². The Balaban J connectivity index is 1.36. The number of aromatic nitrogens is 2. The highest BCUT2D eigenvalue weighted by atomic mass is 32.2. The molecule has 3 aromatic rings. The van der Waals surface area contributed by atoms with Gasteiger partial charge in [-0.3, -0.25) is 4.79 Å². The van der Waals surface area contributed by atoms with E-state index in [1.54, 1.807) is 12.1 Å². The zero-order valence-electron chi connectivity index (χ0n) is 16.4. The molecule has 1 aromatic heterocycles. The fourth-order valence-corrected chi connectivity index (χ4v) is 6.09. The van der Waals surface area contributed by atoms with E-state index in [0.717, 1.165) is 6.42 Å². The quantitative estimate of drug-likeness (QED) is 0.637. The summed E-state index contributed by atoms with van der Waals surface area (Å²) in [5.41, 5.74) is 3.07. The van der Waals surface area contributed by atoms with Gasteiger partial charge in [-0.05, 0) is 52.8 Å². The molecule has 3 heterocycles. The Morgan fingerprint density at radius 3 is 2.73 bits per heavy atom. The van der Waals surface area contributed by atoms with Crippen LogP contribution in [0.4, 0.5) is 0 Å². The number of hydrogen-bond acceptors (Lipinski definition) is 6. The lowest BCUT2D eigenvalue weighted by Gasteiger charge is -2.36. The number of amides is 1. The van der Waals surface area contributed by atoms with E-state index in [4.69, 9.17) is 4.63 Å². The molecule has 1 unspecified atom stereocenters. The van der Waals surface area contributed by atoms with Crippen LogP contribution in [0.3, 0.4) is 0 Å². The zero-order valence-corrected chi connectivity index (χ0v) is 17.2. The minimum atomic E-state index is -3.80. The maximum absolute atomic E-state index is 13.3. The van der Waals surface area contributed by atoms with Crippen LogP contribution >= 0.6 is 0 Å². The van der Waals surface area contributed by atoms with Gasteiger partial charge in [-0.2, -0.15) is 4.31 Å². The third-order valence-electron chi connectivity index (χ3n) is 6.04. The van der Waals surface area contributed by atoms with Crippen molar-refractivity contribution >= 4 is 27.0 Å². The van der Waals surface area contributed by atoms with Crippen molar-refractivity contribution in [1.29, 1.82) is 0 Å². The number of piperidine rings is 1. The monoisotopic (exact) mass is 426 g/mol. The lowest BCUT2D eigenvalue weighted by atomic mass is 9.95. The van der Waals surface area contributed by atoms with E-state index in [-0.39, 0.29) is 28.8 Å². The van der Waals surface area contributed by atoms with Gasteiger partial charge in [-0.15, -0.1) is 0 Å². The Morgan fingerprint density at radius 2 is 1.87 bits per heavy atom. The van der Waals surface area contributed by atoms with Crippen molar-refractivity contribution in [2.75, 3.05) is 19.6 Å². The van der Waals surface area contributed by atoms with E-state index in [2.05, 4.69) is 22.4 Å². The van der Waals surface area contributed by atoms with Gasteiger partial charge in [-0.25, -0.2) is 13.0 Å². The van der Waals surface area contributed by atoms with Gasteiger partial charge in [-0.1, -0.05) is 30.3 Å². The average Bonchev–Trinajstić information content (AvgIpc) is 3.27. The molecule has 1 atom stereocenters. The van der Waals surface area contributed by atoms with E-state index in [1.807, 2.05) is 17.0 Å². The molecular weight excluding hydrogens is 404 g/mol. The molecular formula is C21H22N4O4S. The molecule has 0 N–H and O–H groups in total. The number of benzene rings is 2. The first-order chi connectivity index (χ1) is 14.5. The predicted molar refractivity (Wildman–Crippen MR) is 109 cm³/mol. The largest absolute Gasteiger partial charge is 0.338 e. The number of rotatable bonds is 3. The van der Waals surface area contributed by atoms with Crippen LogP contribution in [0.5, 0.6) is 0 Å². The number of nitrogens with zero attached hydrogens (tertiary/aromatic N) is 4. The molecule has 8 nitrogen and oxygen atoms in total. The molecule has 0 bridgehead atoms. The van der Waals surface area contributed by atoms with Gasteiger partial charge in [0.05, 0.1) is 5.92 Å². The minimum Gasteiger partial charge on any atom is -0.338 e. The van der Waals surface area contributed by atoms with Crippen LogP contribution in [-0.2, 0) is 27.8 Å². The summed E-state index contributed by atoms with van der Waals surface area (Å²) >= 11 is 0. The third-order valence-corrected chi connectivity index (χ3v) is 7.94. The Kier molecular flexibility index (Phi) is 4.79. The summed E-state index contributed by atoms with van der Waals surface area (Å²) < 4.78 is 32.7. The SMILES string of the molecule is O=C(C1CCCN(S(=O)(=O)c2cccc3nonc23)C1)N1CCc2ccccc2C1. The van der Waals surface area contributed by atoms with Crippen molar-refractivity contribution < 1.29 is 17.8 Å². The molecule has 1 fully saturated rings. The van der Waals surface area contributed by atoms with E-state index in [9.17, 15) is 13.2 Å². The Morgan fingerprint density at radius 1 is 1.03 bits per heavy atom. The van der Waals surface area contributed by atoms with Crippen LogP contribution < -0.4 is 0 Å². The fourth-order valence-electron chi connectivity index (χ4n) is 4.43. The van der Waals surface area contributed by atoms with Crippen molar-refractivity contribution in [3.63, 3.8) is 0 Å². The summed E-state index contributed by atoms with van der Waals surface area (Å²) in [6.45, 7) is 1.82. The highest BCUT2D eigenvalue weighted by molar-refractivity contribution is 7.89. The predicted octanol–water partition coefficient (Wildman–Crippen LogP) is 2.21. The second kappa shape index (κ2) is 7.48. The Labute approximate surface area is 174 Å². The molecule has 0 radical (unpaired) electrons. The van der Waals surface area contributed by atoms with Crippen LogP contribution in [-0.4, -0.2) is 53.5 Å². The topological polar surface area (TPSA) is 96.6 Å². The lowest BCUT2D eigenvalue weighted by Crippen LogP contribution is -2.47. The molecule has 2 aliphatic heterocycles. The van der Waals surface area contributed by atoms with Crippen LogP contribution in [0.25, 0.3) is 11.0 Å². The molecule has 5 rings (SSSR count). The molecule has 0 spiro atoms. The van der Waals surface area contributed by atoms with Crippen molar-refractivity contribution in [3.05, 3.63) is 53.6 Å². The second-order valence-electron chi connectivity index (χ2n) is 7.87. The number of carbonyl (C=O) groups is 1. The normalized spacial score (nSPS) is 20.3. The van der Waals surface area contributed by atoms with E-state index < -0.39 is 10.0 Å². The van der Waals surface area contributed by atoms with Crippen LogP contribution in [0.1, 0.15) is 24.0 Å². The molecule has 2 aromatic carbocycles. The van der Waals surface area contributed by atoms with Gasteiger partial charge in [0.1, 0.15) is 10.4 Å². The van der Waals surface area contributed by atoms with Crippen molar-refractivity contribution in [2.45, 2.75) is 30.7 Å². The molecule has 2 aliphatic rings. The third kappa shape index (κ3) is 3.27. The molecule has 0 saturated carbocycles. The zero-order chi connectivity index (χ0) is 20.7.